The van der Waals surface area contributed by atoms with Crippen molar-refractivity contribution in [3.63, 3.8) is 0 Å². The molecule has 0 amide bonds. The zero-order chi connectivity index (χ0) is 33.0. The van der Waals surface area contributed by atoms with E-state index in [0.29, 0.717) is 28.6 Å². The number of nitro benzene ring substituents is 2. The number of hydrogen-bond acceptors (Lipinski definition) is 9. The lowest BCUT2D eigenvalue weighted by molar-refractivity contribution is -0.385. The van der Waals surface area contributed by atoms with Crippen LogP contribution in [0.1, 0.15) is 48.9 Å². The van der Waals surface area contributed by atoms with Crippen molar-refractivity contribution in [3.05, 3.63) is 132 Å². The first-order valence-corrected chi connectivity index (χ1v) is 14.6. The molecule has 1 heterocycles. The van der Waals surface area contributed by atoms with E-state index in [1.54, 1.807) is 36.4 Å². The van der Waals surface area contributed by atoms with Gasteiger partial charge in [-0.1, -0.05) is 38.1 Å². The number of aryl methyl sites for hydroxylation is 1. The summed E-state index contributed by atoms with van der Waals surface area (Å²) in [7, 11) is 0. The van der Waals surface area contributed by atoms with E-state index in [0.717, 1.165) is 16.9 Å². The van der Waals surface area contributed by atoms with Crippen molar-refractivity contribution in [2.45, 2.75) is 40.2 Å². The minimum Gasteiger partial charge on any atom is -0.494 e. The minimum atomic E-state index is -0.548. The van der Waals surface area contributed by atoms with Gasteiger partial charge in [-0.2, -0.15) is 9.78 Å². The standard InChI is InChI=1S/C34H31N5O7/c1-5-45-32-15-22(4)29(18-28(32)21(2)3)33-36-30-12-7-6-11-27(30)34(40)37(33)35-19-24-17-26(39(43)44)13-14-31(24)46-20-23-9-8-10-25(16-23)38(41)42/h6-19,21H,5,20H2,1-4H3. The maximum Gasteiger partial charge on any atom is 0.282 e. The van der Waals surface area contributed by atoms with Crippen LogP contribution in [-0.2, 0) is 6.61 Å². The van der Waals surface area contributed by atoms with E-state index in [4.69, 9.17) is 14.5 Å². The average Bonchev–Trinajstić information content (AvgIpc) is 3.03. The van der Waals surface area contributed by atoms with Gasteiger partial charge in [-0.05, 0) is 66.8 Å². The Balaban J connectivity index is 1.64. The fourth-order valence-corrected chi connectivity index (χ4v) is 5.00. The first kappa shape index (κ1) is 31.5. The molecule has 5 aromatic rings. The maximum absolute atomic E-state index is 13.9. The summed E-state index contributed by atoms with van der Waals surface area (Å²) in [6.07, 6.45) is 1.31. The van der Waals surface area contributed by atoms with Crippen molar-refractivity contribution >= 4 is 28.5 Å². The first-order valence-electron chi connectivity index (χ1n) is 14.6. The van der Waals surface area contributed by atoms with Crippen molar-refractivity contribution < 1.29 is 19.3 Å². The molecule has 0 unspecified atom stereocenters. The van der Waals surface area contributed by atoms with Gasteiger partial charge in [-0.15, -0.1) is 0 Å². The molecule has 4 aromatic carbocycles. The molecule has 0 aliphatic carbocycles. The van der Waals surface area contributed by atoms with Crippen molar-refractivity contribution in [2.75, 3.05) is 6.61 Å². The highest BCUT2D eigenvalue weighted by molar-refractivity contribution is 5.85. The Hall–Kier alpha value is -5.91. The van der Waals surface area contributed by atoms with Gasteiger partial charge in [0.25, 0.3) is 16.9 Å². The molecule has 5 rings (SSSR count). The second-order valence-electron chi connectivity index (χ2n) is 10.8. The molecule has 0 saturated carbocycles. The second kappa shape index (κ2) is 13.4. The summed E-state index contributed by atoms with van der Waals surface area (Å²) in [6, 6.07) is 20.8. The molecule has 46 heavy (non-hydrogen) atoms. The molecule has 0 saturated heterocycles. The summed E-state index contributed by atoms with van der Waals surface area (Å²) in [5.74, 6) is 1.37. The van der Waals surface area contributed by atoms with E-state index in [1.807, 2.05) is 39.8 Å². The van der Waals surface area contributed by atoms with E-state index >= 15 is 0 Å². The van der Waals surface area contributed by atoms with Crippen LogP contribution in [0.25, 0.3) is 22.3 Å². The van der Waals surface area contributed by atoms with Crippen molar-refractivity contribution in [2.24, 2.45) is 5.10 Å². The van der Waals surface area contributed by atoms with E-state index in [2.05, 4.69) is 5.10 Å². The quantitative estimate of drug-likeness (QED) is 0.0855. The summed E-state index contributed by atoms with van der Waals surface area (Å²) in [6.45, 7) is 8.36. The van der Waals surface area contributed by atoms with E-state index in [1.165, 1.54) is 41.2 Å². The second-order valence-corrected chi connectivity index (χ2v) is 10.8. The molecule has 0 aliphatic rings. The molecular formula is C34H31N5O7. The number of benzene rings is 4. The molecule has 0 spiro atoms. The Morgan fingerprint density at radius 3 is 2.37 bits per heavy atom. The normalized spacial score (nSPS) is 11.3. The Kier molecular flexibility index (Phi) is 9.17. The summed E-state index contributed by atoms with van der Waals surface area (Å²) < 4.78 is 13.0. The maximum atomic E-state index is 13.9. The number of ether oxygens (including phenoxy) is 2. The Labute approximate surface area is 263 Å². The highest BCUT2D eigenvalue weighted by atomic mass is 16.6. The molecule has 12 heteroatoms. The average molecular weight is 622 g/mol. The lowest BCUT2D eigenvalue weighted by Gasteiger charge is -2.18. The number of rotatable bonds is 11. The zero-order valence-electron chi connectivity index (χ0n) is 25.7. The molecule has 1 aromatic heterocycles. The highest BCUT2D eigenvalue weighted by Crippen LogP contribution is 2.34. The number of hydrogen-bond donors (Lipinski definition) is 0. The third-order valence-corrected chi connectivity index (χ3v) is 7.31. The van der Waals surface area contributed by atoms with E-state index in [-0.39, 0.29) is 41.0 Å². The molecule has 0 N–H and O–H groups in total. The monoisotopic (exact) mass is 621 g/mol. The van der Waals surface area contributed by atoms with Crippen LogP contribution in [0, 0.1) is 27.2 Å². The zero-order valence-corrected chi connectivity index (χ0v) is 25.7. The van der Waals surface area contributed by atoms with Crippen LogP contribution in [0.2, 0.25) is 0 Å². The molecule has 12 nitrogen and oxygen atoms in total. The van der Waals surface area contributed by atoms with Gasteiger partial charge in [-0.3, -0.25) is 25.0 Å². The van der Waals surface area contributed by atoms with E-state index in [9.17, 15) is 25.0 Å². The predicted molar refractivity (Wildman–Crippen MR) is 175 cm³/mol. The number of fused-ring (bicyclic) bond motifs is 1. The number of non-ortho nitro benzene ring substituents is 2. The molecule has 0 aliphatic heterocycles. The molecule has 0 bridgehead atoms. The molecule has 0 radical (unpaired) electrons. The van der Waals surface area contributed by atoms with Gasteiger partial charge in [0, 0.05) is 35.4 Å². The Bertz CT molecular complexity index is 2050. The molecule has 234 valence electrons. The first-order chi connectivity index (χ1) is 22.1. The van der Waals surface area contributed by atoms with Gasteiger partial charge in [0.1, 0.15) is 18.1 Å². The number of nitrogens with zero attached hydrogens (tertiary/aromatic N) is 5. The van der Waals surface area contributed by atoms with Gasteiger partial charge < -0.3 is 9.47 Å². The summed E-state index contributed by atoms with van der Waals surface area (Å²) in [5.41, 5.74) is 2.94. The largest absolute Gasteiger partial charge is 0.494 e. The Morgan fingerprint density at radius 2 is 1.65 bits per heavy atom. The number of nitro groups is 2. The van der Waals surface area contributed by atoms with E-state index < -0.39 is 15.4 Å². The van der Waals surface area contributed by atoms with Gasteiger partial charge >= 0.3 is 0 Å². The van der Waals surface area contributed by atoms with Crippen LogP contribution in [0.15, 0.2) is 88.8 Å². The van der Waals surface area contributed by atoms with Crippen LogP contribution in [0.3, 0.4) is 0 Å². The highest BCUT2D eigenvalue weighted by Gasteiger charge is 2.19. The van der Waals surface area contributed by atoms with Crippen LogP contribution in [0.4, 0.5) is 11.4 Å². The lowest BCUT2D eigenvalue weighted by Crippen LogP contribution is -2.21. The van der Waals surface area contributed by atoms with Crippen LogP contribution >= 0.6 is 0 Å². The third kappa shape index (κ3) is 6.60. The summed E-state index contributed by atoms with van der Waals surface area (Å²) in [5, 5.41) is 27.7. The van der Waals surface area contributed by atoms with Gasteiger partial charge in [0.15, 0.2) is 5.82 Å². The van der Waals surface area contributed by atoms with Gasteiger partial charge in [0.05, 0.1) is 33.6 Å². The SMILES string of the molecule is CCOc1cc(C)c(-c2nc3ccccc3c(=O)n2N=Cc2cc([N+](=O)[O-])ccc2OCc2cccc([N+](=O)[O-])c2)cc1C(C)C. The van der Waals surface area contributed by atoms with Gasteiger partial charge in [-0.25, -0.2) is 4.98 Å². The smallest absolute Gasteiger partial charge is 0.282 e. The number of para-hydroxylation sites is 1. The van der Waals surface area contributed by atoms with Crippen molar-refractivity contribution in [1.29, 1.82) is 0 Å². The predicted octanol–water partition coefficient (Wildman–Crippen LogP) is 7.17. The van der Waals surface area contributed by atoms with Crippen LogP contribution in [0.5, 0.6) is 11.5 Å². The molecule has 0 atom stereocenters. The van der Waals surface area contributed by atoms with Crippen LogP contribution in [-0.4, -0.2) is 32.3 Å². The lowest BCUT2D eigenvalue weighted by atomic mass is 9.96. The molecular weight excluding hydrogens is 590 g/mol. The van der Waals surface area contributed by atoms with Gasteiger partial charge in [0.2, 0.25) is 0 Å². The minimum absolute atomic E-state index is 0.0492. The third-order valence-electron chi connectivity index (χ3n) is 7.31. The fraction of sp³-hybridized carbons (Fsp3) is 0.206. The Morgan fingerprint density at radius 1 is 0.913 bits per heavy atom. The van der Waals surface area contributed by atoms with Crippen molar-refractivity contribution in [3.8, 4) is 22.9 Å². The van der Waals surface area contributed by atoms with Crippen LogP contribution < -0.4 is 15.0 Å². The number of aromatic nitrogens is 2. The summed E-state index contributed by atoms with van der Waals surface area (Å²) in [4.78, 5) is 40.5. The van der Waals surface area contributed by atoms with Crippen molar-refractivity contribution in [1.82, 2.24) is 9.66 Å². The fourth-order valence-electron chi connectivity index (χ4n) is 5.00. The molecule has 0 fully saturated rings. The summed E-state index contributed by atoms with van der Waals surface area (Å²) >= 11 is 0. The topological polar surface area (TPSA) is 152 Å².